The molecule has 0 spiro atoms. The second kappa shape index (κ2) is 8.57. The summed E-state index contributed by atoms with van der Waals surface area (Å²) in [5, 5.41) is 11.9. The van der Waals surface area contributed by atoms with Crippen molar-refractivity contribution in [2.75, 3.05) is 11.9 Å². The first-order chi connectivity index (χ1) is 9.13. The van der Waals surface area contributed by atoms with E-state index < -0.39 is 5.97 Å². The number of hydrogen-bond acceptors (Lipinski definition) is 2. The molecule has 0 bridgehead atoms. The number of hydrogen-bond donors (Lipinski definition) is 2. The van der Waals surface area contributed by atoms with Gasteiger partial charge in [-0.15, -0.1) is 0 Å². The molecule has 0 fully saturated rings. The van der Waals surface area contributed by atoms with Crippen LogP contribution in [0.5, 0.6) is 0 Å². The maximum absolute atomic E-state index is 10.3. The summed E-state index contributed by atoms with van der Waals surface area (Å²) in [7, 11) is 0. The SMILES string of the molecule is CCC(C)c1ccc(NCCCCCC(=O)O)cc1. The molecular weight excluding hydrogens is 238 g/mol. The Morgan fingerprint density at radius 2 is 1.89 bits per heavy atom. The number of carbonyl (C=O) groups is 1. The third-order valence-corrected chi connectivity index (χ3v) is 3.49. The first-order valence-electron chi connectivity index (χ1n) is 7.19. The van der Waals surface area contributed by atoms with Crippen LogP contribution in [-0.4, -0.2) is 17.6 Å². The van der Waals surface area contributed by atoms with Crippen molar-refractivity contribution >= 4 is 11.7 Å². The lowest BCUT2D eigenvalue weighted by Crippen LogP contribution is -2.02. The highest BCUT2D eigenvalue weighted by Gasteiger charge is 2.02. The van der Waals surface area contributed by atoms with Gasteiger partial charge in [0.15, 0.2) is 0 Å². The molecule has 0 saturated carbocycles. The number of carboxylic acids is 1. The molecule has 0 aliphatic rings. The van der Waals surface area contributed by atoms with Crippen molar-refractivity contribution in [3.63, 3.8) is 0 Å². The zero-order chi connectivity index (χ0) is 14.1. The highest BCUT2D eigenvalue weighted by Crippen LogP contribution is 2.20. The van der Waals surface area contributed by atoms with Crippen molar-refractivity contribution in [2.24, 2.45) is 0 Å². The molecule has 19 heavy (non-hydrogen) atoms. The normalized spacial score (nSPS) is 12.1. The first kappa shape index (κ1) is 15.5. The van der Waals surface area contributed by atoms with Crippen molar-refractivity contribution in [3.8, 4) is 0 Å². The van der Waals surface area contributed by atoms with E-state index in [1.807, 2.05) is 0 Å². The number of carboxylic acid groups (broad SMARTS) is 1. The molecule has 1 aromatic carbocycles. The topological polar surface area (TPSA) is 49.3 Å². The highest BCUT2D eigenvalue weighted by molar-refractivity contribution is 5.66. The Bertz CT molecular complexity index is 373. The van der Waals surface area contributed by atoms with Crippen LogP contribution in [0.3, 0.4) is 0 Å². The van der Waals surface area contributed by atoms with Crippen LogP contribution >= 0.6 is 0 Å². The van der Waals surface area contributed by atoms with Gasteiger partial charge in [-0.1, -0.05) is 32.4 Å². The summed E-state index contributed by atoms with van der Waals surface area (Å²) >= 11 is 0. The largest absolute Gasteiger partial charge is 0.481 e. The molecule has 106 valence electrons. The summed E-state index contributed by atoms with van der Waals surface area (Å²) < 4.78 is 0. The average Bonchev–Trinajstić information content (AvgIpc) is 2.42. The van der Waals surface area contributed by atoms with Gasteiger partial charge in [0.05, 0.1) is 0 Å². The van der Waals surface area contributed by atoms with Gasteiger partial charge in [-0.05, 0) is 42.9 Å². The zero-order valence-corrected chi connectivity index (χ0v) is 12.0. The number of anilines is 1. The minimum absolute atomic E-state index is 0.281. The Balaban J connectivity index is 2.21. The molecule has 1 atom stereocenters. The summed E-state index contributed by atoms with van der Waals surface area (Å²) in [6.45, 7) is 5.35. The summed E-state index contributed by atoms with van der Waals surface area (Å²) in [4.78, 5) is 10.3. The van der Waals surface area contributed by atoms with Crippen LogP contribution in [0.15, 0.2) is 24.3 Å². The van der Waals surface area contributed by atoms with E-state index in [2.05, 4.69) is 43.4 Å². The van der Waals surface area contributed by atoms with Crippen LogP contribution in [0.4, 0.5) is 5.69 Å². The van der Waals surface area contributed by atoms with Gasteiger partial charge in [-0.3, -0.25) is 4.79 Å². The third kappa shape index (κ3) is 6.27. The Morgan fingerprint density at radius 3 is 2.47 bits per heavy atom. The lowest BCUT2D eigenvalue weighted by Gasteiger charge is -2.11. The van der Waals surface area contributed by atoms with E-state index in [0.29, 0.717) is 5.92 Å². The summed E-state index contributed by atoms with van der Waals surface area (Å²) in [5.41, 5.74) is 2.53. The molecule has 3 nitrogen and oxygen atoms in total. The lowest BCUT2D eigenvalue weighted by molar-refractivity contribution is -0.137. The molecule has 3 heteroatoms. The second-order valence-electron chi connectivity index (χ2n) is 5.06. The van der Waals surface area contributed by atoms with E-state index in [9.17, 15) is 4.79 Å². The smallest absolute Gasteiger partial charge is 0.303 e. The molecule has 1 unspecified atom stereocenters. The quantitative estimate of drug-likeness (QED) is 0.654. The summed E-state index contributed by atoms with van der Waals surface area (Å²) in [5.74, 6) is -0.0846. The van der Waals surface area contributed by atoms with Gasteiger partial charge in [0, 0.05) is 18.7 Å². The van der Waals surface area contributed by atoms with Crippen molar-refractivity contribution in [2.45, 2.75) is 51.9 Å². The Hall–Kier alpha value is -1.51. The molecule has 0 aromatic heterocycles. The number of unbranched alkanes of at least 4 members (excludes halogenated alkanes) is 2. The van der Waals surface area contributed by atoms with Gasteiger partial charge < -0.3 is 10.4 Å². The molecular formula is C16H25NO2. The van der Waals surface area contributed by atoms with E-state index in [4.69, 9.17) is 5.11 Å². The molecule has 0 aliphatic carbocycles. The molecule has 1 aromatic rings. The Kier molecular flexibility index (Phi) is 7.01. The fourth-order valence-electron chi connectivity index (χ4n) is 1.98. The van der Waals surface area contributed by atoms with Gasteiger partial charge >= 0.3 is 5.97 Å². The van der Waals surface area contributed by atoms with Gasteiger partial charge in [-0.2, -0.15) is 0 Å². The van der Waals surface area contributed by atoms with E-state index in [-0.39, 0.29) is 6.42 Å². The second-order valence-corrected chi connectivity index (χ2v) is 5.06. The number of aliphatic carboxylic acids is 1. The van der Waals surface area contributed by atoms with Gasteiger partial charge in [0.25, 0.3) is 0 Å². The monoisotopic (exact) mass is 263 g/mol. The highest BCUT2D eigenvalue weighted by atomic mass is 16.4. The van der Waals surface area contributed by atoms with Gasteiger partial charge in [0.2, 0.25) is 0 Å². The summed E-state index contributed by atoms with van der Waals surface area (Å²) in [6, 6.07) is 8.61. The number of benzene rings is 1. The predicted octanol–water partition coefficient (Wildman–Crippen LogP) is 4.26. The summed E-state index contributed by atoms with van der Waals surface area (Å²) in [6.07, 6.45) is 4.19. The third-order valence-electron chi connectivity index (χ3n) is 3.49. The van der Waals surface area contributed by atoms with Gasteiger partial charge in [0.1, 0.15) is 0 Å². The molecule has 0 radical (unpaired) electrons. The minimum atomic E-state index is -0.700. The number of rotatable bonds is 9. The maximum atomic E-state index is 10.3. The van der Waals surface area contributed by atoms with E-state index in [1.165, 1.54) is 5.56 Å². The molecule has 0 saturated heterocycles. The van der Waals surface area contributed by atoms with Crippen LogP contribution in [0, 0.1) is 0 Å². The van der Waals surface area contributed by atoms with E-state index >= 15 is 0 Å². The molecule has 0 heterocycles. The van der Waals surface area contributed by atoms with Crippen LogP contribution in [-0.2, 0) is 4.79 Å². The molecule has 0 aliphatic heterocycles. The number of nitrogens with one attached hydrogen (secondary N) is 1. The predicted molar refractivity (Wildman–Crippen MR) is 79.7 cm³/mol. The van der Waals surface area contributed by atoms with Crippen molar-refractivity contribution in [3.05, 3.63) is 29.8 Å². The minimum Gasteiger partial charge on any atom is -0.481 e. The van der Waals surface area contributed by atoms with Crippen LogP contribution in [0.25, 0.3) is 0 Å². The van der Waals surface area contributed by atoms with Crippen LogP contribution in [0.2, 0.25) is 0 Å². The van der Waals surface area contributed by atoms with Crippen molar-refractivity contribution < 1.29 is 9.90 Å². The first-order valence-corrected chi connectivity index (χ1v) is 7.19. The zero-order valence-electron chi connectivity index (χ0n) is 12.0. The van der Waals surface area contributed by atoms with Crippen molar-refractivity contribution in [1.29, 1.82) is 0 Å². The fourth-order valence-corrected chi connectivity index (χ4v) is 1.98. The van der Waals surface area contributed by atoms with Gasteiger partial charge in [-0.25, -0.2) is 0 Å². The fraction of sp³-hybridized carbons (Fsp3) is 0.562. The molecule has 0 amide bonds. The Labute approximate surface area is 116 Å². The molecule has 1 rings (SSSR count). The standard InChI is InChI=1S/C16H25NO2/c1-3-13(2)14-8-10-15(11-9-14)17-12-6-4-5-7-16(18)19/h8-11,13,17H,3-7,12H2,1-2H3,(H,18,19). The maximum Gasteiger partial charge on any atom is 0.303 e. The van der Waals surface area contributed by atoms with Crippen molar-refractivity contribution in [1.82, 2.24) is 0 Å². The van der Waals surface area contributed by atoms with E-state index in [0.717, 1.165) is 37.9 Å². The van der Waals surface area contributed by atoms with E-state index in [1.54, 1.807) is 0 Å². The molecule has 2 N–H and O–H groups in total. The Morgan fingerprint density at radius 1 is 1.21 bits per heavy atom. The van der Waals surface area contributed by atoms with Crippen LogP contribution in [0.1, 0.15) is 57.4 Å². The van der Waals surface area contributed by atoms with Crippen LogP contribution < -0.4 is 5.32 Å². The lowest BCUT2D eigenvalue weighted by atomic mass is 9.99. The average molecular weight is 263 g/mol.